The highest BCUT2D eigenvalue weighted by atomic mass is 35.5. The minimum Gasteiger partial charge on any atom is -0.205 e. The highest BCUT2D eigenvalue weighted by molar-refractivity contribution is 6.90. The second-order valence-corrected chi connectivity index (χ2v) is 9.85. The van der Waals surface area contributed by atoms with E-state index >= 15 is 0 Å². The summed E-state index contributed by atoms with van der Waals surface area (Å²) >= 11 is 11.6. The molecule has 0 atom stereocenters. The Morgan fingerprint density at radius 3 is 2.08 bits per heavy atom. The van der Waals surface area contributed by atoms with Crippen LogP contribution in [0, 0.1) is 5.82 Å². The minimum absolute atomic E-state index is 0.0898. The number of rotatable bonds is 1. The Balaban J connectivity index is 3.32. The van der Waals surface area contributed by atoms with Crippen LogP contribution in [0.1, 0.15) is 0 Å². The summed E-state index contributed by atoms with van der Waals surface area (Å²) in [6.45, 7) is 6.34. The lowest BCUT2D eigenvalue weighted by atomic mass is 10.3. The molecule has 1 rings (SSSR count). The molecule has 0 aliphatic heterocycles. The van der Waals surface area contributed by atoms with Crippen LogP contribution in [-0.2, 0) is 0 Å². The fraction of sp³-hybridized carbons (Fsp3) is 0.333. The van der Waals surface area contributed by atoms with Crippen molar-refractivity contribution in [3.05, 3.63) is 28.0 Å². The van der Waals surface area contributed by atoms with E-state index in [1.807, 2.05) is 0 Å². The van der Waals surface area contributed by atoms with E-state index in [0.29, 0.717) is 5.02 Å². The summed E-state index contributed by atoms with van der Waals surface area (Å²) in [7, 11) is -1.56. The molecule has 0 amide bonds. The molecule has 1 aromatic carbocycles. The van der Waals surface area contributed by atoms with Crippen LogP contribution in [0.2, 0.25) is 29.7 Å². The van der Waals surface area contributed by atoms with Crippen LogP contribution in [0.15, 0.2) is 12.1 Å². The van der Waals surface area contributed by atoms with Gasteiger partial charge in [-0.1, -0.05) is 42.8 Å². The first-order valence-corrected chi connectivity index (χ1v) is 8.23. The van der Waals surface area contributed by atoms with Gasteiger partial charge in [0.2, 0.25) is 0 Å². The molecule has 13 heavy (non-hydrogen) atoms. The quantitative estimate of drug-likeness (QED) is 0.516. The van der Waals surface area contributed by atoms with Gasteiger partial charge in [-0.2, -0.15) is 0 Å². The summed E-state index contributed by atoms with van der Waals surface area (Å²) in [4.78, 5) is 0. The lowest BCUT2D eigenvalue weighted by Gasteiger charge is -2.18. The molecule has 0 aromatic heterocycles. The Labute approximate surface area is 88.7 Å². The molecule has 0 fully saturated rings. The van der Waals surface area contributed by atoms with Gasteiger partial charge in [0.1, 0.15) is 5.82 Å². The maximum atomic E-state index is 13.1. The predicted molar refractivity (Wildman–Crippen MR) is 59.4 cm³/mol. The molecule has 0 saturated heterocycles. The topological polar surface area (TPSA) is 0 Å². The van der Waals surface area contributed by atoms with E-state index in [0.717, 1.165) is 5.19 Å². The molecular weight excluding hydrogens is 226 g/mol. The van der Waals surface area contributed by atoms with Crippen LogP contribution in [0.5, 0.6) is 0 Å². The second kappa shape index (κ2) is 3.60. The van der Waals surface area contributed by atoms with Crippen molar-refractivity contribution in [1.82, 2.24) is 0 Å². The first kappa shape index (κ1) is 11.0. The fourth-order valence-electron chi connectivity index (χ4n) is 1.10. The Morgan fingerprint density at radius 2 is 1.62 bits per heavy atom. The first-order valence-electron chi connectivity index (χ1n) is 3.97. The summed E-state index contributed by atoms with van der Waals surface area (Å²) in [5.41, 5.74) is 0. The highest BCUT2D eigenvalue weighted by Crippen LogP contribution is 2.20. The van der Waals surface area contributed by atoms with E-state index in [9.17, 15) is 4.39 Å². The van der Waals surface area contributed by atoms with Crippen molar-refractivity contribution < 1.29 is 4.39 Å². The van der Waals surface area contributed by atoms with Crippen molar-refractivity contribution >= 4 is 36.5 Å². The van der Waals surface area contributed by atoms with Gasteiger partial charge in [-0.25, -0.2) is 4.39 Å². The van der Waals surface area contributed by atoms with Crippen LogP contribution in [-0.4, -0.2) is 8.07 Å². The lowest BCUT2D eigenvalue weighted by Crippen LogP contribution is -2.38. The molecular formula is C9H11Cl2FSi. The van der Waals surface area contributed by atoms with Gasteiger partial charge in [-0.3, -0.25) is 0 Å². The third-order valence-corrected chi connectivity index (χ3v) is 4.61. The Bertz CT molecular complexity index is 331. The maximum Gasteiger partial charge on any atom is 0.141 e. The lowest BCUT2D eigenvalue weighted by molar-refractivity contribution is 0.629. The van der Waals surface area contributed by atoms with Gasteiger partial charge in [-0.05, 0) is 17.3 Å². The third kappa shape index (κ3) is 2.45. The maximum absolute atomic E-state index is 13.1. The smallest absolute Gasteiger partial charge is 0.141 e. The average molecular weight is 237 g/mol. The van der Waals surface area contributed by atoms with Crippen molar-refractivity contribution in [1.29, 1.82) is 0 Å². The summed E-state index contributed by atoms with van der Waals surface area (Å²) in [6.07, 6.45) is 0. The Kier molecular flexibility index (Phi) is 3.05. The molecule has 0 aliphatic carbocycles. The van der Waals surface area contributed by atoms with E-state index in [-0.39, 0.29) is 10.8 Å². The summed E-state index contributed by atoms with van der Waals surface area (Å²) in [6, 6.07) is 2.93. The van der Waals surface area contributed by atoms with Crippen molar-refractivity contribution in [2.24, 2.45) is 0 Å². The van der Waals surface area contributed by atoms with Crippen molar-refractivity contribution in [2.45, 2.75) is 19.6 Å². The summed E-state index contributed by atoms with van der Waals surface area (Å²) < 4.78 is 13.1. The van der Waals surface area contributed by atoms with Gasteiger partial charge in [0.15, 0.2) is 0 Å². The van der Waals surface area contributed by atoms with E-state index < -0.39 is 8.07 Å². The summed E-state index contributed by atoms with van der Waals surface area (Å²) in [5.74, 6) is -0.386. The van der Waals surface area contributed by atoms with Crippen LogP contribution < -0.4 is 5.19 Å². The van der Waals surface area contributed by atoms with Crippen LogP contribution in [0.4, 0.5) is 4.39 Å². The Hall–Kier alpha value is -0.0531. The summed E-state index contributed by atoms with van der Waals surface area (Å²) in [5, 5.41) is 1.58. The average Bonchev–Trinajstić information content (AvgIpc) is 1.94. The fourth-order valence-corrected chi connectivity index (χ4v) is 3.68. The molecule has 0 heterocycles. The minimum atomic E-state index is -1.56. The standard InChI is InChI=1S/C9H11Cl2FSi/c1-13(2,3)9-5-8(12)6(10)4-7(9)11/h4-5H,1-3H3. The van der Waals surface area contributed by atoms with E-state index in [2.05, 4.69) is 19.6 Å². The molecule has 0 saturated carbocycles. The monoisotopic (exact) mass is 236 g/mol. The molecule has 0 nitrogen and oxygen atoms in total. The van der Waals surface area contributed by atoms with Crippen molar-refractivity contribution in [3.8, 4) is 0 Å². The molecule has 0 N–H and O–H groups in total. The molecule has 0 unspecified atom stereocenters. The predicted octanol–water partition coefficient (Wildman–Crippen LogP) is 3.68. The van der Waals surface area contributed by atoms with Crippen LogP contribution in [0.25, 0.3) is 0 Å². The van der Waals surface area contributed by atoms with Crippen molar-refractivity contribution in [3.63, 3.8) is 0 Å². The molecule has 4 heteroatoms. The number of benzene rings is 1. The molecule has 0 bridgehead atoms. The SMILES string of the molecule is C[Si](C)(C)c1cc(F)c(Cl)cc1Cl. The number of hydrogen-bond donors (Lipinski definition) is 0. The van der Waals surface area contributed by atoms with E-state index in [1.54, 1.807) is 0 Å². The van der Waals surface area contributed by atoms with Gasteiger partial charge in [0, 0.05) is 5.02 Å². The normalized spacial score (nSPS) is 11.8. The Morgan fingerprint density at radius 1 is 1.08 bits per heavy atom. The molecule has 0 spiro atoms. The zero-order chi connectivity index (χ0) is 10.2. The van der Waals surface area contributed by atoms with E-state index in [4.69, 9.17) is 23.2 Å². The van der Waals surface area contributed by atoms with Crippen molar-refractivity contribution in [2.75, 3.05) is 0 Å². The van der Waals surface area contributed by atoms with Gasteiger partial charge >= 0.3 is 0 Å². The van der Waals surface area contributed by atoms with Crippen LogP contribution in [0.3, 0.4) is 0 Å². The largest absolute Gasteiger partial charge is 0.205 e. The zero-order valence-electron chi connectivity index (χ0n) is 7.79. The van der Waals surface area contributed by atoms with Gasteiger partial charge < -0.3 is 0 Å². The first-order chi connectivity index (χ1) is 5.82. The molecule has 72 valence electrons. The number of hydrogen-bond acceptors (Lipinski definition) is 0. The highest BCUT2D eigenvalue weighted by Gasteiger charge is 2.21. The second-order valence-electron chi connectivity index (χ2n) is 4.00. The molecule has 0 radical (unpaired) electrons. The molecule has 1 aromatic rings. The number of halogens is 3. The van der Waals surface area contributed by atoms with Crippen LogP contribution >= 0.6 is 23.2 Å². The zero-order valence-corrected chi connectivity index (χ0v) is 10.3. The third-order valence-electron chi connectivity index (χ3n) is 1.82. The van der Waals surface area contributed by atoms with Gasteiger partial charge in [0.05, 0.1) is 13.1 Å². The molecule has 0 aliphatic rings. The van der Waals surface area contributed by atoms with Gasteiger partial charge in [0.25, 0.3) is 0 Å². The van der Waals surface area contributed by atoms with E-state index in [1.165, 1.54) is 12.1 Å². The van der Waals surface area contributed by atoms with Gasteiger partial charge in [-0.15, -0.1) is 0 Å².